The van der Waals surface area contributed by atoms with Crippen LogP contribution in [0.4, 0.5) is 0 Å². The summed E-state index contributed by atoms with van der Waals surface area (Å²) < 4.78 is 27.3. The van der Waals surface area contributed by atoms with Crippen LogP contribution < -0.4 is 4.72 Å². The van der Waals surface area contributed by atoms with E-state index in [-0.39, 0.29) is 14.7 Å². The van der Waals surface area contributed by atoms with Gasteiger partial charge in [0.1, 0.15) is 0 Å². The Bertz CT molecular complexity index is 681. The lowest BCUT2D eigenvalue weighted by Gasteiger charge is -2.14. The molecule has 7 heteroatoms. The molecule has 0 aliphatic carbocycles. The van der Waals surface area contributed by atoms with Crippen LogP contribution in [0.2, 0.25) is 4.47 Å². The average Bonchev–Trinajstić information content (AvgIpc) is 2.86. The molecule has 4 nitrogen and oxygen atoms in total. The van der Waals surface area contributed by atoms with Gasteiger partial charge in [0.25, 0.3) is 10.0 Å². The van der Waals surface area contributed by atoms with Crippen molar-refractivity contribution in [2.45, 2.75) is 30.5 Å². The van der Waals surface area contributed by atoms with Crippen molar-refractivity contribution in [1.82, 2.24) is 9.71 Å². The van der Waals surface area contributed by atoms with Crippen LogP contribution >= 0.6 is 22.9 Å². The standard InChI is InChI=1S/C13H15ClN2O2S2/c1-3-10-4-6-11(7-5-10)9(2)16-20(17,18)12-8-15-13(14)19-12/h4-9,16H,3H2,1-2H3. The highest BCUT2D eigenvalue weighted by atomic mass is 35.5. The van der Waals surface area contributed by atoms with Gasteiger partial charge < -0.3 is 0 Å². The predicted octanol–water partition coefficient (Wildman–Crippen LogP) is 3.40. The highest BCUT2D eigenvalue weighted by molar-refractivity contribution is 7.91. The van der Waals surface area contributed by atoms with Gasteiger partial charge in [-0.15, -0.1) is 0 Å². The molecule has 20 heavy (non-hydrogen) atoms. The summed E-state index contributed by atoms with van der Waals surface area (Å²) in [6, 6.07) is 7.57. The van der Waals surface area contributed by atoms with Crippen LogP contribution in [0.3, 0.4) is 0 Å². The number of thiazole rings is 1. The van der Waals surface area contributed by atoms with E-state index in [4.69, 9.17) is 11.6 Å². The third kappa shape index (κ3) is 3.58. The lowest BCUT2D eigenvalue weighted by atomic mass is 10.1. The van der Waals surface area contributed by atoms with Crippen LogP contribution in [0, 0.1) is 0 Å². The molecule has 0 aliphatic heterocycles. The molecule has 0 bridgehead atoms. The number of benzene rings is 1. The third-order valence-electron chi connectivity index (χ3n) is 2.94. The largest absolute Gasteiger partial charge is 0.252 e. The van der Waals surface area contributed by atoms with Crippen molar-refractivity contribution in [3.05, 3.63) is 46.1 Å². The van der Waals surface area contributed by atoms with Gasteiger partial charge in [-0.2, -0.15) is 0 Å². The van der Waals surface area contributed by atoms with Gasteiger partial charge in [-0.05, 0) is 24.5 Å². The average molecular weight is 331 g/mol. The molecule has 1 aromatic heterocycles. The monoisotopic (exact) mass is 330 g/mol. The van der Waals surface area contributed by atoms with E-state index in [0.717, 1.165) is 23.3 Å². The number of aromatic nitrogens is 1. The SMILES string of the molecule is CCc1ccc(C(C)NS(=O)(=O)c2cnc(Cl)s2)cc1. The number of rotatable bonds is 5. The van der Waals surface area contributed by atoms with Gasteiger partial charge in [0, 0.05) is 6.04 Å². The van der Waals surface area contributed by atoms with Crippen molar-refractivity contribution >= 4 is 33.0 Å². The van der Waals surface area contributed by atoms with E-state index < -0.39 is 10.0 Å². The normalized spacial score (nSPS) is 13.3. The minimum Gasteiger partial charge on any atom is -0.232 e. The van der Waals surface area contributed by atoms with Gasteiger partial charge in [0.15, 0.2) is 8.68 Å². The zero-order valence-corrected chi connectivity index (χ0v) is 13.5. The molecule has 0 saturated carbocycles. The number of sulfonamides is 1. The first-order valence-corrected chi connectivity index (χ1v) is 8.82. The number of nitrogens with zero attached hydrogens (tertiary/aromatic N) is 1. The minimum absolute atomic E-state index is 0.125. The van der Waals surface area contributed by atoms with Crippen molar-refractivity contribution < 1.29 is 8.42 Å². The maximum Gasteiger partial charge on any atom is 0.252 e. The third-order valence-corrected chi connectivity index (χ3v) is 6.06. The lowest BCUT2D eigenvalue weighted by Crippen LogP contribution is -2.26. The molecule has 2 rings (SSSR count). The maximum atomic E-state index is 12.2. The maximum absolute atomic E-state index is 12.2. The van der Waals surface area contributed by atoms with Crippen LogP contribution in [-0.4, -0.2) is 13.4 Å². The molecule has 0 fully saturated rings. The van der Waals surface area contributed by atoms with Crippen LogP contribution in [0.1, 0.15) is 31.0 Å². The molecule has 1 unspecified atom stereocenters. The number of hydrogen-bond donors (Lipinski definition) is 1. The topological polar surface area (TPSA) is 59.1 Å². The summed E-state index contributed by atoms with van der Waals surface area (Å²) in [5.74, 6) is 0. The van der Waals surface area contributed by atoms with Crippen molar-refractivity contribution in [2.75, 3.05) is 0 Å². The Kier molecular flexibility index (Phi) is 4.80. The molecule has 1 N–H and O–H groups in total. The summed E-state index contributed by atoms with van der Waals surface area (Å²) in [7, 11) is -3.58. The second-order valence-electron chi connectivity index (χ2n) is 4.37. The first kappa shape index (κ1) is 15.4. The highest BCUT2D eigenvalue weighted by Crippen LogP contribution is 2.24. The number of halogens is 1. The van der Waals surface area contributed by atoms with Gasteiger partial charge >= 0.3 is 0 Å². The molecule has 0 aliphatic rings. The van der Waals surface area contributed by atoms with E-state index in [2.05, 4.69) is 16.6 Å². The molecule has 108 valence electrons. The van der Waals surface area contributed by atoms with E-state index in [1.165, 1.54) is 11.8 Å². The zero-order valence-electron chi connectivity index (χ0n) is 11.1. The van der Waals surface area contributed by atoms with Gasteiger partial charge in [-0.25, -0.2) is 18.1 Å². The van der Waals surface area contributed by atoms with Gasteiger partial charge in [0.05, 0.1) is 6.20 Å². The molecule has 0 saturated heterocycles. The van der Waals surface area contributed by atoms with Gasteiger partial charge in [-0.3, -0.25) is 0 Å². The second-order valence-corrected chi connectivity index (χ2v) is 7.92. The number of hydrogen-bond acceptors (Lipinski definition) is 4. The van der Waals surface area contributed by atoms with Gasteiger partial charge in [-0.1, -0.05) is 54.1 Å². The fourth-order valence-corrected chi connectivity index (χ4v) is 4.31. The summed E-state index contributed by atoms with van der Waals surface area (Å²) >= 11 is 6.61. The molecule has 1 atom stereocenters. The molecular weight excluding hydrogens is 316 g/mol. The van der Waals surface area contributed by atoms with Crippen molar-refractivity contribution in [1.29, 1.82) is 0 Å². The van der Waals surface area contributed by atoms with Crippen molar-refractivity contribution in [3.63, 3.8) is 0 Å². The zero-order chi connectivity index (χ0) is 14.8. The molecule has 0 spiro atoms. The first-order valence-electron chi connectivity index (χ1n) is 6.15. The summed E-state index contributed by atoms with van der Waals surface area (Å²) in [6.45, 7) is 3.88. The van der Waals surface area contributed by atoms with Crippen LogP contribution in [-0.2, 0) is 16.4 Å². The Morgan fingerprint density at radius 2 is 2.00 bits per heavy atom. The molecule has 0 radical (unpaired) electrons. The Morgan fingerprint density at radius 3 is 2.50 bits per heavy atom. The van der Waals surface area contributed by atoms with Crippen LogP contribution in [0.5, 0.6) is 0 Å². The smallest absolute Gasteiger partial charge is 0.232 e. The van der Waals surface area contributed by atoms with E-state index in [1.54, 1.807) is 6.92 Å². The molecule has 1 aromatic carbocycles. The summed E-state index contributed by atoms with van der Waals surface area (Å²) in [5.41, 5.74) is 2.14. The molecular formula is C13H15ClN2O2S2. The molecule has 0 amide bonds. The van der Waals surface area contributed by atoms with Crippen LogP contribution in [0.15, 0.2) is 34.7 Å². The van der Waals surface area contributed by atoms with E-state index in [1.807, 2.05) is 24.3 Å². The van der Waals surface area contributed by atoms with Crippen molar-refractivity contribution in [3.8, 4) is 0 Å². The molecule has 2 aromatic rings. The summed E-state index contributed by atoms with van der Waals surface area (Å²) in [5, 5.41) is 0. The van der Waals surface area contributed by atoms with E-state index in [0.29, 0.717) is 0 Å². The molecule has 1 heterocycles. The Morgan fingerprint density at radius 1 is 1.35 bits per heavy atom. The Labute approximate surface area is 127 Å². The lowest BCUT2D eigenvalue weighted by molar-refractivity contribution is 0.569. The Hall–Kier alpha value is -0.950. The highest BCUT2D eigenvalue weighted by Gasteiger charge is 2.20. The first-order chi connectivity index (χ1) is 9.42. The fourth-order valence-electron chi connectivity index (χ4n) is 1.76. The fraction of sp³-hybridized carbons (Fsp3) is 0.308. The minimum atomic E-state index is -3.58. The van der Waals surface area contributed by atoms with E-state index >= 15 is 0 Å². The Balaban J connectivity index is 2.15. The number of aryl methyl sites for hydroxylation is 1. The van der Waals surface area contributed by atoms with Crippen LogP contribution in [0.25, 0.3) is 0 Å². The summed E-state index contributed by atoms with van der Waals surface area (Å²) in [4.78, 5) is 3.75. The van der Waals surface area contributed by atoms with E-state index in [9.17, 15) is 8.42 Å². The quantitative estimate of drug-likeness (QED) is 0.914. The van der Waals surface area contributed by atoms with Gasteiger partial charge in [0.2, 0.25) is 0 Å². The number of nitrogens with one attached hydrogen (secondary N) is 1. The predicted molar refractivity (Wildman–Crippen MR) is 81.7 cm³/mol. The second kappa shape index (κ2) is 6.22. The van der Waals surface area contributed by atoms with Crippen molar-refractivity contribution in [2.24, 2.45) is 0 Å². The summed E-state index contributed by atoms with van der Waals surface area (Å²) in [6.07, 6.45) is 2.22.